The van der Waals surface area contributed by atoms with Gasteiger partial charge in [0.05, 0.1) is 5.39 Å². The number of fused-ring (bicyclic) bond motifs is 6. The van der Waals surface area contributed by atoms with Crippen LogP contribution >= 0.6 is 23.1 Å². The van der Waals surface area contributed by atoms with Crippen molar-refractivity contribution in [2.75, 3.05) is 11.6 Å². The van der Waals surface area contributed by atoms with Crippen LogP contribution in [0.4, 0.5) is 11.5 Å². The Hall–Kier alpha value is -2.57. The van der Waals surface area contributed by atoms with Crippen molar-refractivity contribution in [1.29, 1.82) is 0 Å². The predicted octanol–water partition coefficient (Wildman–Crippen LogP) is 7.23. The number of hydrogen-bond acceptors (Lipinski definition) is 5. The molecule has 0 bridgehead atoms. The van der Waals surface area contributed by atoms with Gasteiger partial charge in [-0.2, -0.15) is 0 Å². The number of nitrogens with zero attached hydrogens (tertiary/aromatic N) is 2. The van der Waals surface area contributed by atoms with Crippen molar-refractivity contribution in [3.63, 3.8) is 0 Å². The van der Waals surface area contributed by atoms with Crippen molar-refractivity contribution in [3.8, 4) is 0 Å². The van der Waals surface area contributed by atoms with E-state index in [2.05, 4.69) is 53.6 Å². The number of benzene rings is 2. The van der Waals surface area contributed by atoms with Crippen LogP contribution in [0.3, 0.4) is 0 Å². The molecule has 1 aliphatic rings. The number of aromatic nitrogens is 3. The van der Waals surface area contributed by atoms with Gasteiger partial charge in [-0.15, -0.1) is 11.3 Å². The van der Waals surface area contributed by atoms with Gasteiger partial charge >= 0.3 is 0 Å². The molecular formula is C25H24N4S2. The summed E-state index contributed by atoms with van der Waals surface area (Å²) in [5, 5.41) is 8.26. The van der Waals surface area contributed by atoms with E-state index in [1.807, 2.05) is 17.6 Å². The lowest BCUT2D eigenvalue weighted by atomic mass is 9.97. The van der Waals surface area contributed by atoms with Crippen LogP contribution < -0.4 is 5.32 Å². The predicted molar refractivity (Wildman–Crippen MR) is 134 cm³/mol. The first kappa shape index (κ1) is 19.1. The molecule has 0 saturated carbocycles. The van der Waals surface area contributed by atoms with Crippen molar-refractivity contribution >= 4 is 66.6 Å². The molecule has 1 aliphatic carbocycles. The zero-order chi connectivity index (χ0) is 20.9. The Bertz CT molecular complexity index is 1450. The van der Waals surface area contributed by atoms with Crippen LogP contribution in [0.5, 0.6) is 0 Å². The minimum Gasteiger partial charge on any atom is -0.354 e. The van der Waals surface area contributed by atoms with Crippen LogP contribution in [-0.2, 0) is 19.3 Å². The Balaban J connectivity index is 1.48. The number of thioether (sulfide) groups is 1. The van der Waals surface area contributed by atoms with Crippen molar-refractivity contribution < 1.29 is 0 Å². The van der Waals surface area contributed by atoms with Gasteiger partial charge < -0.3 is 10.3 Å². The second-order valence-electron chi connectivity index (χ2n) is 8.15. The molecule has 2 N–H and O–H groups in total. The van der Waals surface area contributed by atoms with Crippen molar-refractivity contribution in [2.24, 2.45) is 0 Å². The van der Waals surface area contributed by atoms with Gasteiger partial charge in [0.2, 0.25) is 0 Å². The van der Waals surface area contributed by atoms with Gasteiger partial charge in [0, 0.05) is 32.4 Å². The van der Waals surface area contributed by atoms with Crippen molar-refractivity contribution in [1.82, 2.24) is 15.0 Å². The Kier molecular flexibility index (Phi) is 4.65. The van der Waals surface area contributed by atoms with Crippen LogP contribution in [0.15, 0.2) is 41.6 Å². The second kappa shape index (κ2) is 7.53. The van der Waals surface area contributed by atoms with Crippen LogP contribution in [0.2, 0.25) is 0 Å². The van der Waals surface area contributed by atoms with Gasteiger partial charge in [-0.1, -0.05) is 43.0 Å². The zero-order valence-corrected chi connectivity index (χ0v) is 19.3. The van der Waals surface area contributed by atoms with Gasteiger partial charge in [0.25, 0.3) is 0 Å². The summed E-state index contributed by atoms with van der Waals surface area (Å²) in [5.41, 5.74) is 6.28. The number of aryl methyl sites for hydroxylation is 3. The molecule has 0 radical (unpaired) electrons. The largest absolute Gasteiger partial charge is 0.354 e. The maximum Gasteiger partial charge on any atom is 0.190 e. The summed E-state index contributed by atoms with van der Waals surface area (Å²) < 4.78 is 0. The molecule has 0 aliphatic heterocycles. The highest BCUT2D eigenvalue weighted by Crippen LogP contribution is 2.40. The Labute approximate surface area is 189 Å². The van der Waals surface area contributed by atoms with Gasteiger partial charge in [-0.3, -0.25) is 0 Å². The van der Waals surface area contributed by atoms with Gasteiger partial charge in [-0.25, -0.2) is 9.97 Å². The molecule has 6 heteroatoms. The van der Waals surface area contributed by atoms with Crippen LogP contribution in [0.1, 0.15) is 35.8 Å². The second-order valence-corrected chi connectivity index (χ2v) is 10.0. The molecule has 0 saturated heterocycles. The van der Waals surface area contributed by atoms with Crippen LogP contribution in [-0.4, -0.2) is 21.2 Å². The van der Waals surface area contributed by atoms with Crippen molar-refractivity contribution in [3.05, 3.63) is 52.4 Å². The molecule has 6 rings (SSSR count). The highest BCUT2D eigenvalue weighted by Gasteiger charge is 2.21. The molecule has 0 fully saturated rings. The lowest BCUT2D eigenvalue weighted by Gasteiger charge is -2.13. The molecule has 3 heterocycles. The molecule has 31 heavy (non-hydrogen) atoms. The maximum atomic E-state index is 4.88. The highest BCUT2D eigenvalue weighted by molar-refractivity contribution is 7.98. The Morgan fingerprint density at radius 1 is 1.10 bits per heavy atom. The molecule has 5 aromatic rings. The zero-order valence-electron chi connectivity index (χ0n) is 17.7. The molecule has 0 unspecified atom stereocenters. The molecular weight excluding hydrogens is 420 g/mol. The fraction of sp³-hybridized carbons (Fsp3) is 0.280. The number of aromatic amines is 1. The average Bonchev–Trinajstić information content (AvgIpc) is 3.36. The van der Waals surface area contributed by atoms with E-state index in [1.165, 1.54) is 56.9 Å². The molecule has 0 atom stereocenters. The van der Waals surface area contributed by atoms with E-state index in [9.17, 15) is 0 Å². The standard InChI is InChI=1S/C25H24N4S2/c1-3-14-7-6-9-17-16-12-11-15(13-19(16)27-22(14)17)26-23-21-18-8-4-5-10-20(18)31-24(21)29-25(28-23)30-2/h6-7,9,11-13,27H,3-5,8,10H2,1-2H3,(H,26,28,29). The molecule has 0 spiro atoms. The lowest BCUT2D eigenvalue weighted by Crippen LogP contribution is -2.02. The van der Waals surface area contributed by atoms with Crippen LogP contribution in [0.25, 0.3) is 32.0 Å². The first-order valence-electron chi connectivity index (χ1n) is 10.9. The minimum atomic E-state index is 0.827. The molecule has 4 nitrogen and oxygen atoms in total. The number of nitrogens with one attached hydrogen (secondary N) is 2. The average molecular weight is 445 g/mol. The number of H-pyrrole nitrogens is 1. The number of rotatable bonds is 4. The Morgan fingerprint density at radius 3 is 2.87 bits per heavy atom. The summed E-state index contributed by atoms with van der Waals surface area (Å²) in [6.07, 6.45) is 7.90. The summed E-state index contributed by atoms with van der Waals surface area (Å²) in [6, 6.07) is 13.2. The lowest BCUT2D eigenvalue weighted by molar-refractivity contribution is 0.700. The number of hydrogen-bond donors (Lipinski definition) is 2. The van der Waals surface area contributed by atoms with Crippen LogP contribution in [0, 0.1) is 0 Å². The number of anilines is 2. The molecule has 0 amide bonds. The summed E-state index contributed by atoms with van der Waals surface area (Å²) >= 11 is 3.46. The van der Waals surface area contributed by atoms with E-state index in [1.54, 1.807) is 11.8 Å². The molecule has 2 aromatic carbocycles. The van der Waals surface area contributed by atoms with Gasteiger partial charge in [-0.05, 0) is 61.6 Å². The SMILES string of the molecule is CCc1cccc2c1[nH]c1cc(Nc3nc(SC)nc4sc5c(c34)CCCC5)ccc12. The van der Waals surface area contributed by atoms with Gasteiger partial charge in [0.1, 0.15) is 10.6 Å². The summed E-state index contributed by atoms with van der Waals surface area (Å²) in [5.74, 6) is 0.943. The number of para-hydroxylation sites is 1. The monoisotopic (exact) mass is 444 g/mol. The first-order valence-corrected chi connectivity index (χ1v) is 13.0. The number of thiophene rings is 1. The third-order valence-electron chi connectivity index (χ3n) is 6.34. The topological polar surface area (TPSA) is 53.6 Å². The third kappa shape index (κ3) is 3.12. The summed E-state index contributed by atoms with van der Waals surface area (Å²) in [7, 11) is 0. The smallest absolute Gasteiger partial charge is 0.190 e. The minimum absolute atomic E-state index is 0.827. The van der Waals surface area contributed by atoms with Gasteiger partial charge in [0.15, 0.2) is 5.16 Å². The van der Waals surface area contributed by atoms with E-state index < -0.39 is 0 Å². The fourth-order valence-corrected chi connectivity index (χ4v) is 6.50. The normalized spacial score (nSPS) is 13.9. The highest BCUT2D eigenvalue weighted by atomic mass is 32.2. The van der Waals surface area contributed by atoms with E-state index >= 15 is 0 Å². The molecule has 156 valence electrons. The maximum absolute atomic E-state index is 4.88. The van der Waals surface area contributed by atoms with E-state index in [0.29, 0.717) is 0 Å². The quantitative estimate of drug-likeness (QED) is 0.227. The third-order valence-corrected chi connectivity index (χ3v) is 8.07. The summed E-state index contributed by atoms with van der Waals surface area (Å²) in [4.78, 5) is 16.0. The fourth-order valence-electron chi connectivity index (χ4n) is 4.82. The van der Waals surface area contributed by atoms with E-state index in [0.717, 1.165) is 39.9 Å². The molecule has 3 aromatic heterocycles. The first-order chi connectivity index (χ1) is 15.2. The van der Waals surface area contributed by atoms with Crippen molar-refractivity contribution in [2.45, 2.75) is 44.2 Å². The Morgan fingerprint density at radius 2 is 2.00 bits per heavy atom. The van der Waals surface area contributed by atoms with E-state index in [4.69, 9.17) is 9.97 Å². The van der Waals surface area contributed by atoms with E-state index in [-0.39, 0.29) is 0 Å². The summed E-state index contributed by atoms with van der Waals surface area (Å²) in [6.45, 7) is 2.21.